The summed E-state index contributed by atoms with van der Waals surface area (Å²) in [5.74, 6) is 0.776. The van der Waals surface area contributed by atoms with Crippen molar-refractivity contribution < 1.29 is 42.4 Å². The molecule has 0 spiro atoms. The average molecular weight is 521 g/mol. The molecule has 30 heavy (non-hydrogen) atoms. The first-order valence-electron chi connectivity index (χ1n) is 9.39. The molecule has 0 atom stereocenters. The van der Waals surface area contributed by atoms with E-state index in [1.165, 1.54) is 12.1 Å². The Hall–Kier alpha value is -2.52. The van der Waals surface area contributed by atoms with Crippen LogP contribution in [-0.2, 0) is 0 Å². The molecule has 1 aromatic heterocycles. The molecule has 3 rings (SSSR count). The molecule has 0 aliphatic rings. The highest BCUT2D eigenvalue weighted by Gasteiger charge is 2.11. The number of benzene rings is 2. The first kappa shape index (κ1) is 23.8. The Kier molecular flexibility index (Phi) is 8.31. The number of pyridine rings is 1. The molecule has 0 radical (unpaired) electrons. The minimum absolute atomic E-state index is 0. The van der Waals surface area contributed by atoms with Crippen LogP contribution < -0.4 is 34.0 Å². The van der Waals surface area contributed by atoms with E-state index in [0.717, 1.165) is 16.6 Å². The monoisotopic (exact) mass is 521 g/mol. The molecule has 0 saturated carbocycles. The van der Waals surface area contributed by atoms with Gasteiger partial charge in [-0.1, -0.05) is 0 Å². The fourth-order valence-corrected chi connectivity index (χ4v) is 2.67. The van der Waals surface area contributed by atoms with Crippen molar-refractivity contribution in [3.63, 3.8) is 0 Å². The largest absolute Gasteiger partial charge is 1.00 e. The van der Waals surface area contributed by atoms with Gasteiger partial charge in [0.15, 0.2) is 0 Å². The second kappa shape index (κ2) is 10.5. The number of aromatic nitrogens is 1. The minimum Gasteiger partial charge on any atom is -1.00 e. The van der Waals surface area contributed by atoms with Crippen LogP contribution in [0.3, 0.4) is 0 Å². The van der Waals surface area contributed by atoms with Crippen molar-refractivity contribution in [2.24, 2.45) is 0 Å². The summed E-state index contributed by atoms with van der Waals surface area (Å²) in [7, 11) is 6.25. The summed E-state index contributed by atoms with van der Waals surface area (Å²) in [6.07, 6.45) is 1.63. The predicted molar refractivity (Wildman–Crippen MR) is 111 cm³/mol. The first-order valence-corrected chi connectivity index (χ1v) is 9.39. The van der Waals surface area contributed by atoms with Crippen molar-refractivity contribution in [2.75, 3.05) is 34.2 Å². The first-order chi connectivity index (χ1) is 13.8. The number of halogens is 2. The van der Waals surface area contributed by atoms with Crippen LogP contribution in [0.25, 0.3) is 11.3 Å². The quantitative estimate of drug-likeness (QED) is 0.375. The molecule has 7 heteroatoms. The van der Waals surface area contributed by atoms with Gasteiger partial charge in [0.1, 0.15) is 17.3 Å². The third-order valence-electron chi connectivity index (χ3n) is 4.29. The summed E-state index contributed by atoms with van der Waals surface area (Å²) in [5, 5.41) is 2.95. The van der Waals surface area contributed by atoms with Gasteiger partial charge in [0.2, 0.25) is 0 Å². The van der Waals surface area contributed by atoms with E-state index in [4.69, 9.17) is 4.74 Å². The topological polar surface area (TPSA) is 51.2 Å². The van der Waals surface area contributed by atoms with E-state index in [1.807, 2.05) is 24.3 Å². The van der Waals surface area contributed by atoms with Crippen molar-refractivity contribution >= 4 is 5.91 Å². The molecule has 1 N–H and O–H groups in total. The summed E-state index contributed by atoms with van der Waals surface area (Å²) >= 11 is 0. The molecule has 0 aliphatic heterocycles. The van der Waals surface area contributed by atoms with Crippen LogP contribution in [-0.4, -0.2) is 49.6 Å². The van der Waals surface area contributed by atoms with Gasteiger partial charge in [0.25, 0.3) is 5.91 Å². The van der Waals surface area contributed by atoms with Gasteiger partial charge in [0, 0.05) is 17.3 Å². The SMILES string of the molecule is C[N+](C)(C)CCNC(=O)c1ccnc(-c2ccc(Oc3ccc(F)cc3)cc2)c1.[I-]. The molecule has 158 valence electrons. The summed E-state index contributed by atoms with van der Waals surface area (Å²) < 4.78 is 19.5. The van der Waals surface area contributed by atoms with Crippen LogP contribution >= 0.6 is 0 Å². The second-order valence-electron chi connectivity index (χ2n) is 7.78. The molecule has 0 unspecified atom stereocenters. The number of likely N-dealkylation sites (N-methyl/N-ethyl adjacent to an activating group) is 1. The summed E-state index contributed by atoms with van der Waals surface area (Å²) in [6.45, 7) is 1.45. The molecule has 1 heterocycles. The van der Waals surface area contributed by atoms with Crippen molar-refractivity contribution in [1.29, 1.82) is 0 Å². The number of nitrogens with zero attached hydrogens (tertiary/aromatic N) is 2. The highest BCUT2D eigenvalue weighted by atomic mass is 127. The van der Waals surface area contributed by atoms with Crippen molar-refractivity contribution in [1.82, 2.24) is 10.3 Å². The number of hydrogen-bond acceptors (Lipinski definition) is 3. The number of carbonyl (C=O) groups excluding carboxylic acids is 1. The van der Waals surface area contributed by atoms with Crippen LogP contribution in [0.4, 0.5) is 4.39 Å². The van der Waals surface area contributed by atoms with Gasteiger partial charge < -0.3 is 38.5 Å². The van der Waals surface area contributed by atoms with E-state index in [9.17, 15) is 9.18 Å². The Labute approximate surface area is 193 Å². The molecular formula is C23H25FIN3O2. The zero-order valence-corrected chi connectivity index (χ0v) is 19.4. The molecule has 0 fully saturated rings. The highest BCUT2D eigenvalue weighted by Crippen LogP contribution is 2.25. The summed E-state index contributed by atoms with van der Waals surface area (Å²) in [4.78, 5) is 16.8. The minimum atomic E-state index is -0.305. The van der Waals surface area contributed by atoms with E-state index in [1.54, 1.807) is 30.5 Å². The van der Waals surface area contributed by atoms with Crippen LogP contribution in [0.15, 0.2) is 66.9 Å². The van der Waals surface area contributed by atoms with E-state index in [2.05, 4.69) is 31.4 Å². The average Bonchev–Trinajstić information content (AvgIpc) is 2.69. The van der Waals surface area contributed by atoms with Crippen LogP contribution in [0.5, 0.6) is 11.5 Å². The zero-order valence-electron chi connectivity index (χ0n) is 17.2. The number of hydrogen-bond donors (Lipinski definition) is 1. The number of rotatable bonds is 7. The Morgan fingerprint density at radius 3 is 2.20 bits per heavy atom. The molecule has 2 aromatic carbocycles. The van der Waals surface area contributed by atoms with Crippen molar-refractivity contribution in [2.45, 2.75) is 0 Å². The molecule has 1 amide bonds. The van der Waals surface area contributed by atoms with E-state index in [-0.39, 0.29) is 35.7 Å². The smallest absolute Gasteiger partial charge is 0.251 e. The van der Waals surface area contributed by atoms with Gasteiger partial charge in [-0.25, -0.2) is 4.39 Å². The summed E-state index contributed by atoms with van der Waals surface area (Å²) in [5.41, 5.74) is 2.15. The third-order valence-corrected chi connectivity index (χ3v) is 4.29. The highest BCUT2D eigenvalue weighted by molar-refractivity contribution is 5.95. The maximum absolute atomic E-state index is 13.0. The standard InChI is InChI=1S/C23H24FN3O2.HI/c1-27(2,3)15-14-26-23(28)18-12-13-25-22(16-18)17-4-8-20(9-5-17)29-21-10-6-19(24)7-11-21;/h4-13,16H,14-15H2,1-3H3;1H. The Morgan fingerprint density at radius 2 is 1.60 bits per heavy atom. The lowest BCUT2D eigenvalue weighted by atomic mass is 10.1. The summed E-state index contributed by atoms with van der Waals surface area (Å²) in [6, 6.07) is 16.7. The van der Waals surface area contributed by atoms with Gasteiger partial charge in [-0.15, -0.1) is 0 Å². The number of quaternary nitrogens is 1. The second-order valence-corrected chi connectivity index (χ2v) is 7.78. The molecule has 3 aromatic rings. The maximum Gasteiger partial charge on any atom is 0.251 e. The van der Waals surface area contributed by atoms with E-state index in [0.29, 0.717) is 29.3 Å². The predicted octanol–water partition coefficient (Wildman–Crippen LogP) is 1.12. The van der Waals surface area contributed by atoms with Crippen LogP contribution in [0, 0.1) is 5.82 Å². The molecule has 0 aliphatic carbocycles. The Bertz CT molecular complexity index is 971. The lowest BCUT2D eigenvalue weighted by Gasteiger charge is -2.23. The van der Waals surface area contributed by atoms with Gasteiger partial charge in [-0.3, -0.25) is 9.78 Å². The van der Waals surface area contributed by atoms with Crippen molar-refractivity contribution in [3.8, 4) is 22.8 Å². The van der Waals surface area contributed by atoms with Crippen LogP contribution in [0.1, 0.15) is 10.4 Å². The van der Waals surface area contributed by atoms with Gasteiger partial charge >= 0.3 is 0 Å². The molecule has 0 bridgehead atoms. The fourth-order valence-electron chi connectivity index (χ4n) is 2.67. The third kappa shape index (κ3) is 7.07. The normalized spacial score (nSPS) is 10.8. The maximum atomic E-state index is 13.0. The van der Waals surface area contributed by atoms with Gasteiger partial charge in [-0.05, 0) is 60.7 Å². The Balaban J connectivity index is 0.00000320. The van der Waals surface area contributed by atoms with E-state index >= 15 is 0 Å². The number of amides is 1. The number of ether oxygens (including phenoxy) is 1. The lowest BCUT2D eigenvalue weighted by molar-refractivity contribution is -0.869. The molecule has 0 saturated heterocycles. The number of carbonyl (C=O) groups is 1. The number of nitrogens with one attached hydrogen (secondary N) is 1. The van der Waals surface area contributed by atoms with Crippen molar-refractivity contribution in [3.05, 3.63) is 78.2 Å². The van der Waals surface area contributed by atoms with E-state index < -0.39 is 0 Å². The Morgan fingerprint density at radius 1 is 1.00 bits per heavy atom. The van der Waals surface area contributed by atoms with Crippen LogP contribution in [0.2, 0.25) is 0 Å². The molecule has 5 nitrogen and oxygen atoms in total. The lowest BCUT2D eigenvalue weighted by Crippen LogP contribution is -3.00. The fraction of sp³-hybridized carbons (Fsp3) is 0.217. The molecular weight excluding hydrogens is 496 g/mol. The zero-order chi connectivity index (χ0) is 20.9. The van der Waals surface area contributed by atoms with Gasteiger partial charge in [-0.2, -0.15) is 0 Å². The van der Waals surface area contributed by atoms with Gasteiger partial charge in [0.05, 0.1) is 39.9 Å².